The summed E-state index contributed by atoms with van der Waals surface area (Å²) in [5, 5.41) is 0. The number of halogens is 6. The van der Waals surface area contributed by atoms with Crippen molar-refractivity contribution >= 4 is 34.1 Å². The number of anilines is 6. The lowest BCUT2D eigenvalue weighted by molar-refractivity contribution is -0.137. The summed E-state index contributed by atoms with van der Waals surface area (Å²) >= 11 is 0. The van der Waals surface area contributed by atoms with E-state index in [1.807, 2.05) is 89.5 Å². The van der Waals surface area contributed by atoms with Crippen molar-refractivity contribution in [1.29, 1.82) is 0 Å². The Bertz CT molecular complexity index is 2450. The summed E-state index contributed by atoms with van der Waals surface area (Å²) in [5.41, 5.74) is 2.04. The number of ether oxygens (including phenoxy) is 2. The van der Waals surface area contributed by atoms with Crippen molar-refractivity contribution in [3.05, 3.63) is 168 Å². The van der Waals surface area contributed by atoms with Gasteiger partial charge in [0.15, 0.2) is 23.0 Å². The van der Waals surface area contributed by atoms with Gasteiger partial charge < -0.3 is 19.3 Å². The SMILES string of the molecule is CCc1c(-c2ccccc2C(F)(F)F)c(N2c3ccccc3Oc3ccccc32)c(CC)c(N2c3ccccc3Oc3ccccc32)c1-c1ccccc1C(F)(F)F. The number of para-hydroxylation sites is 8. The lowest BCUT2D eigenvalue weighted by atomic mass is 9.80. The second kappa shape index (κ2) is 14.1. The van der Waals surface area contributed by atoms with Gasteiger partial charge in [-0.05, 0) is 90.2 Å². The van der Waals surface area contributed by atoms with E-state index >= 15 is 26.3 Å². The Balaban J connectivity index is 1.57. The zero-order valence-corrected chi connectivity index (χ0v) is 31.2. The van der Waals surface area contributed by atoms with E-state index in [1.165, 1.54) is 36.4 Å². The molecule has 0 saturated carbocycles. The van der Waals surface area contributed by atoms with Crippen LogP contribution >= 0.6 is 0 Å². The fourth-order valence-electron chi connectivity index (χ4n) is 8.37. The molecular weight excluding hydrogens is 751 g/mol. The molecule has 9 rings (SSSR count). The van der Waals surface area contributed by atoms with E-state index < -0.39 is 23.5 Å². The smallest absolute Gasteiger partial charge is 0.417 e. The number of alkyl halides is 6. The number of rotatable bonds is 6. The van der Waals surface area contributed by atoms with Crippen molar-refractivity contribution in [1.82, 2.24) is 0 Å². The van der Waals surface area contributed by atoms with Gasteiger partial charge in [-0.3, -0.25) is 0 Å². The van der Waals surface area contributed by atoms with Gasteiger partial charge in [0.1, 0.15) is 0 Å². The van der Waals surface area contributed by atoms with Gasteiger partial charge in [0.25, 0.3) is 0 Å². The first kappa shape index (κ1) is 36.9. The summed E-state index contributed by atoms with van der Waals surface area (Å²) in [5.74, 6) is 1.86. The van der Waals surface area contributed by atoms with Gasteiger partial charge in [-0.2, -0.15) is 26.3 Å². The van der Waals surface area contributed by atoms with Gasteiger partial charge in [-0.1, -0.05) is 98.8 Å². The quantitative estimate of drug-likeness (QED) is 0.157. The molecule has 4 nitrogen and oxygen atoms in total. The molecule has 0 amide bonds. The van der Waals surface area contributed by atoms with E-state index in [2.05, 4.69) is 0 Å². The van der Waals surface area contributed by atoms with E-state index in [0.29, 0.717) is 68.2 Å². The lowest BCUT2D eigenvalue weighted by Crippen LogP contribution is -2.24. The number of nitrogens with zero attached hydrogens (tertiary/aromatic N) is 2. The first-order valence-electron chi connectivity index (χ1n) is 18.9. The normalized spacial score (nSPS) is 13.2. The van der Waals surface area contributed by atoms with Gasteiger partial charge in [-0.25, -0.2) is 0 Å². The Labute approximate surface area is 331 Å². The minimum absolute atomic E-state index is 0.0638. The summed E-state index contributed by atoms with van der Waals surface area (Å²) in [7, 11) is 0. The molecule has 2 aliphatic rings. The Morgan fingerprint density at radius 3 is 1.00 bits per heavy atom. The van der Waals surface area contributed by atoms with E-state index in [4.69, 9.17) is 9.47 Å². The molecule has 0 atom stereocenters. The van der Waals surface area contributed by atoms with Crippen LogP contribution in [0.25, 0.3) is 22.3 Å². The maximum atomic E-state index is 15.3. The summed E-state index contributed by atoms with van der Waals surface area (Å²) in [6.07, 6.45) is -9.36. The summed E-state index contributed by atoms with van der Waals surface area (Å²) < 4.78 is 105. The van der Waals surface area contributed by atoms with Gasteiger partial charge in [0.2, 0.25) is 0 Å². The molecule has 0 N–H and O–H groups in total. The predicted molar refractivity (Wildman–Crippen MR) is 216 cm³/mol. The highest BCUT2D eigenvalue weighted by molar-refractivity contribution is 6.07. The second-order valence-corrected chi connectivity index (χ2v) is 13.9. The van der Waals surface area contributed by atoms with Crippen LogP contribution in [-0.4, -0.2) is 0 Å². The molecule has 0 bridgehead atoms. The van der Waals surface area contributed by atoms with E-state index in [9.17, 15) is 0 Å². The van der Waals surface area contributed by atoms with Crippen LogP contribution in [0, 0.1) is 0 Å². The van der Waals surface area contributed by atoms with Crippen molar-refractivity contribution in [3.8, 4) is 45.3 Å². The highest BCUT2D eigenvalue weighted by Gasteiger charge is 2.42. The van der Waals surface area contributed by atoms with Crippen molar-refractivity contribution in [2.24, 2.45) is 0 Å². The predicted octanol–water partition coefficient (Wildman–Crippen LogP) is 15.3. The Morgan fingerprint density at radius 1 is 0.397 bits per heavy atom. The molecule has 2 aliphatic heterocycles. The van der Waals surface area contributed by atoms with Crippen LogP contribution in [0.5, 0.6) is 23.0 Å². The average molecular weight is 785 g/mol. The monoisotopic (exact) mass is 784 g/mol. The standard InChI is InChI=1S/C48H34F6N2O2/c1-3-29-43(31-17-5-7-19-33(31)47(49,50)51)45(55-35-21-9-13-25-39(35)57-40-26-14-10-22-36(40)55)30(4-2)46(44(29)32-18-6-8-20-34(32)48(52,53)54)56-37-23-11-15-27-41(37)58-42-28-16-12-24-38(42)56/h5-28H,3-4H2,1-2H3. The summed E-state index contributed by atoms with van der Waals surface area (Å²) in [6, 6.07) is 39.6. The number of hydrogen-bond donors (Lipinski definition) is 0. The topological polar surface area (TPSA) is 24.9 Å². The van der Waals surface area contributed by atoms with Crippen molar-refractivity contribution in [2.45, 2.75) is 39.0 Å². The van der Waals surface area contributed by atoms with E-state index in [0.717, 1.165) is 12.1 Å². The molecule has 0 aromatic heterocycles. The van der Waals surface area contributed by atoms with E-state index in [-0.39, 0.29) is 35.1 Å². The molecule has 7 aromatic rings. The molecule has 0 spiro atoms. The highest BCUT2D eigenvalue weighted by Crippen LogP contribution is 2.62. The third-order valence-corrected chi connectivity index (χ3v) is 10.7. The van der Waals surface area contributed by atoms with Crippen LogP contribution in [0.4, 0.5) is 60.5 Å². The fraction of sp³-hybridized carbons (Fsp3) is 0.125. The highest BCUT2D eigenvalue weighted by atomic mass is 19.4. The summed E-state index contributed by atoms with van der Waals surface area (Å²) in [4.78, 5) is 3.83. The van der Waals surface area contributed by atoms with Crippen LogP contribution < -0.4 is 19.3 Å². The van der Waals surface area contributed by atoms with Crippen LogP contribution in [0.3, 0.4) is 0 Å². The molecule has 0 saturated heterocycles. The average Bonchev–Trinajstić information content (AvgIpc) is 3.23. The Hall–Kier alpha value is -6.68. The molecule has 10 heteroatoms. The lowest BCUT2D eigenvalue weighted by Gasteiger charge is -2.41. The maximum Gasteiger partial charge on any atom is 0.417 e. The zero-order chi connectivity index (χ0) is 40.3. The third-order valence-electron chi connectivity index (χ3n) is 10.7. The molecule has 2 heterocycles. The largest absolute Gasteiger partial charge is 0.453 e. The second-order valence-electron chi connectivity index (χ2n) is 13.9. The number of fused-ring (bicyclic) bond motifs is 4. The fourth-order valence-corrected chi connectivity index (χ4v) is 8.37. The van der Waals surface area contributed by atoms with Crippen molar-refractivity contribution < 1.29 is 35.8 Å². The van der Waals surface area contributed by atoms with Crippen molar-refractivity contribution in [2.75, 3.05) is 9.80 Å². The van der Waals surface area contributed by atoms with E-state index in [1.54, 1.807) is 31.2 Å². The van der Waals surface area contributed by atoms with Gasteiger partial charge >= 0.3 is 12.4 Å². The zero-order valence-electron chi connectivity index (χ0n) is 31.2. The summed E-state index contributed by atoms with van der Waals surface area (Å²) in [6.45, 7) is 3.65. The molecular formula is C48H34F6N2O2. The first-order valence-corrected chi connectivity index (χ1v) is 18.9. The molecule has 290 valence electrons. The Kier molecular flexibility index (Phi) is 8.95. The molecule has 7 aromatic carbocycles. The van der Waals surface area contributed by atoms with Crippen LogP contribution in [0.2, 0.25) is 0 Å². The molecule has 0 aliphatic carbocycles. The van der Waals surface area contributed by atoms with Crippen LogP contribution in [0.15, 0.2) is 146 Å². The molecule has 0 fully saturated rings. The van der Waals surface area contributed by atoms with Crippen molar-refractivity contribution in [3.63, 3.8) is 0 Å². The maximum absolute atomic E-state index is 15.3. The van der Waals surface area contributed by atoms with Gasteiger partial charge in [0.05, 0.1) is 45.3 Å². The minimum atomic E-state index is -4.81. The van der Waals surface area contributed by atoms with Crippen LogP contribution in [0.1, 0.15) is 36.1 Å². The number of hydrogen-bond acceptors (Lipinski definition) is 4. The molecule has 58 heavy (non-hydrogen) atoms. The number of benzene rings is 7. The first-order chi connectivity index (χ1) is 28.0. The minimum Gasteiger partial charge on any atom is -0.453 e. The molecule has 0 radical (unpaired) electrons. The van der Waals surface area contributed by atoms with Gasteiger partial charge in [-0.15, -0.1) is 0 Å². The third kappa shape index (κ3) is 5.93. The Morgan fingerprint density at radius 2 is 0.690 bits per heavy atom. The van der Waals surface area contributed by atoms with Crippen LogP contribution in [-0.2, 0) is 25.2 Å². The van der Waals surface area contributed by atoms with Gasteiger partial charge in [0, 0.05) is 16.7 Å². The molecule has 0 unspecified atom stereocenters.